The maximum Gasteiger partial charge on any atom is 0.410 e. The smallest absolute Gasteiger partial charge is 0.410 e. The summed E-state index contributed by atoms with van der Waals surface area (Å²) in [6, 6.07) is 5.77. The van der Waals surface area contributed by atoms with Crippen molar-refractivity contribution >= 4 is 54.6 Å². The molecule has 1 fully saturated rings. The third-order valence-electron chi connectivity index (χ3n) is 3.81. The van der Waals surface area contributed by atoms with Gasteiger partial charge in [-0.3, -0.25) is 4.79 Å². The lowest BCUT2D eigenvalue weighted by atomic mass is 10.1. The molecule has 134 valence electrons. The molecule has 0 saturated carbocycles. The number of halogens is 1. The first kappa shape index (κ1) is 18.1. The fourth-order valence-electron chi connectivity index (χ4n) is 2.64. The molecule has 0 unspecified atom stereocenters. The number of likely N-dealkylation sites (tertiary alicyclic amines) is 1. The van der Waals surface area contributed by atoms with Crippen molar-refractivity contribution in [1.29, 1.82) is 0 Å². The number of anilines is 1. The number of nitrogens with zero attached hydrogens (tertiary/aromatic N) is 2. The minimum Gasteiger partial charge on any atom is -0.444 e. The number of thiazole rings is 1. The number of benzene rings is 1. The van der Waals surface area contributed by atoms with Gasteiger partial charge < -0.3 is 15.0 Å². The van der Waals surface area contributed by atoms with Crippen molar-refractivity contribution in [2.45, 2.75) is 32.8 Å². The van der Waals surface area contributed by atoms with E-state index in [-0.39, 0.29) is 17.9 Å². The summed E-state index contributed by atoms with van der Waals surface area (Å²) in [5, 5.41) is 3.45. The van der Waals surface area contributed by atoms with E-state index >= 15 is 0 Å². The predicted octanol–water partition coefficient (Wildman–Crippen LogP) is 4.25. The van der Waals surface area contributed by atoms with Gasteiger partial charge in [-0.25, -0.2) is 9.78 Å². The number of ether oxygens (including phenoxy) is 1. The lowest BCUT2D eigenvalue weighted by Crippen LogP contribution is -2.36. The van der Waals surface area contributed by atoms with Crippen LogP contribution in [-0.4, -0.2) is 40.6 Å². The number of hydrogen-bond acceptors (Lipinski definition) is 5. The van der Waals surface area contributed by atoms with E-state index in [9.17, 15) is 9.59 Å². The fourth-order valence-corrected chi connectivity index (χ4v) is 4.11. The SMILES string of the molecule is CC(C)(C)OC(=O)N1CC[C@H](C(=O)Nc2nc3cccc(Br)c3s2)C1. The topological polar surface area (TPSA) is 71.5 Å². The third-order valence-corrected chi connectivity index (χ3v) is 5.75. The average Bonchev–Trinajstić information content (AvgIpc) is 3.12. The summed E-state index contributed by atoms with van der Waals surface area (Å²) in [4.78, 5) is 30.6. The molecule has 0 aliphatic carbocycles. The highest BCUT2D eigenvalue weighted by Crippen LogP contribution is 2.32. The average molecular weight is 426 g/mol. The minimum absolute atomic E-state index is 0.110. The number of nitrogens with one attached hydrogen (secondary N) is 1. The summed E-state index contributed by atoms with van der Waals surface area (Å²) >= 11 is 4.92. The molecule has 1 aliphatic rings. The van der Waals surface area contributed by atoms with Gasteiger partial charge in [-0.15, -0.1) is 0 Å². The van der Waals surface area contributed by atoms with Crippen LogP contribution in [0, 0.1) is 5.92 Å². The first-order chi connectivity index (χ1) is 11.7. The summed E-state index contributed by atoms with van der Waals surface area (Å²) in [5.74, 6) is -0.357. The Morgan fingerprint density at radius 2 is 2.16 bits per heavy atom. The fraction of sp³-hybridized carbons (Fsp3) is 0.471. The molecule has 1 saturated heterocycles. The van der Waals surface area contributed by atoms with Crippen LogP contribution in [0.5, 0.6) is 0 Å². The normalized spacial score (nSPS) is 17.8. The maximum absolute atomic E-state index is 12.5. The van der Waals surface area contributed by atoms with E-state index in [0.29, 0.717) is 24.6 Å². The molecule has 8 heteroatoms. The Bertz CT molecular complexity index is 815. The summed E-state index contributed by atoms with van der Waals surface area (Å²) in [6.45, 7) is 6.39. The van der Waals surface area contributed by atoms with Crippen molar-refractivity contribution in [3.63, 3.8) is 0 Å². The van der Waals surface area contributed by atoms with Crippen LogP contribution in [-0.2, 0) is 9.53 Å². The second-order valence-electron chi connectivity index (χ2n) is 7.01. The molecule has 0 bridgehead atoms. The highest BCUT2D eigenvalue weighted by Gasteiger charge is 2.33. The zero-order valence-corrected chi connectivity index (χ0v) is 16.7. The standard InChI is InChI=1S/C17H20BrN3O3S/c1-17(2,3)24-16(23)21-8-7-10(9-21)14(22)20-15-19-12-6-4-5-11(18)13(12)25-15/h4-6,10H,7-9H2,1-3H3,(H,19,20,22)/t10-/m0/s1. The van der Waals surface area contributed by atoms with E-state index in [1.165, 1.54) is 11.3 Å². The number of fused-ring (bicyclic) bond motifs is 1. The van der Waals surface area contributed by atoms with Crippen molar-refractivity contribution in [3.05, 3.63) is 22.7 Å². The van der Waals surface area contributed by atoms with Crippen LogP contribution in [0.25, 0.3) is 10.2 Å². The highest BCUT2D eigenvalue weighted by atomic mass is 79.9. The van der Waals surface area contributed by atoms with E-state index in [1.54, 1.807) is 4.90 Å². The van der Waals surface area contributed by atoms with Gasteiger partial charge in [0, 0.05) is 17.6 Å². The van der Waals surface area contributed by atoms with Crippen molar-refractivity contribution in [1.82, 2.24) is 9.88 Å². The summed E-state index contributed by atoms with van der Waals surface area (Å²) in [7, 11) is 0. The molecule has 1 atom stereocenters. The number of rotatable bonds is 2. The quantitative estimate of drug-likeness (QED) is 0.779. The van der Waals surface area contributed by atoms with E-state index in [4.69, 9.17) is 4.74 Å². The van der Waals surface area contributed by atoms with Gasteiger partial charge in [0.05, 0.1) is 16.1 Å². The Hall–Kier alpha value is -1.67. The highest BCUT2D eigenvalue weighted by molar-refractivity contribution is 9.10. The van der Waals surface area contributed by atoms with E-state index in [2.05, 4.69) is 26.2 Å². The third kappa shape index (κ3) is 4.30. The Kier molecular flexibility index (Phi) is 5.02. The van der Waals surface area contributed by atoms with Crippen molar-refractivity contribution in [3.8, 4) is 0 Å². The van der Waals surface area contributed by atoms with Gasteiger partial charge in [-0.1, -0.05) is 17.4 Å². The number of amides is 2. The monoisotopic (exact) mass is 425 g/mol. The van der Waals surface area contributed by atoms with Crippen LogP contribution < -0.4 is 5.32 Å². The molecule has 1 N–H and O–H groups in total. The first-order valence-corrected chi connectivity index (χ1v) is 9.68. The van der Waals surface area contributed by atoms with Gasteiger partial charge in [0.15, 0.2) is 5.13 Å². The lowest BCUT2D eigenvalue weighted by Gasteiger charge is -2.24. The largest absolute Gasteiger partial charge is 0.444 e. The molecule has 25 heavy (non-hydrogen) atoms. The second kappa shape index (κ2) is 6.92. The van der Waals surface area contributed by atoms with Crippen LogP contribution in [0.1, 0.15) is 27.2 Å². The van der Waals surface area contributed by atoms with Gasteiger partial charge in [-0.05, 0) is 55.3 Å². The molecule has 1 aromatic carbocycles. The molecule has 0 radical (unpaired) electrons. The second-order valence-corrected chi connectivity index (χ2v) is 8.86. The van der Waals surface area contributed by atoms with Crippen LogP contribution in [0.15, 0.2) is 22.7 Å². The molecule has 1 aliphatic heterocycles. The predicted molar refractivity (Wildman–Crippen MR) is 102 cm³/mol. The van der Waals surface area contributed by atoms with Crippen molar-refractivity contribution < 1.29 is 14.3 Å². The first-order valence-electron chi connectivity index (χ1n) is 8.07. The summed E-state index contributed by atoms with van der Waals surface area (Å²) in [5.41, 5.74) is 0.308. The molecule has 0 spiro atoms. The molecule has 3 rings (SSSR count). The molecule has 6 nitrogen and oxygen atoms in total. The number of carbonyl (C=O) groups excluding carboxylic acids is 2. The summed E-state index contributed by atoms with van der Waals surface area (Å²) in [6.07, 6.45) is 0.256. The van der Waals surface area contributed by atoms with Crippen LogP contribution in [0.3, 0.4) is 0 Å². The van der Waals surface area contributed by atoms with Crippen molar-refractivity contribution in [2.75, 3.05) is 18.4 Å². The van der Waals surface area contributed by atoms with Gasteiger partial charge in [0.25, 0.3) is 0 Å². The number of carbonyl (C=O) groups is 2. The Labute approximate surface area is 158 Å². The van der Waals surface area contributed by atoms with Gasteiger partial charge in [0.1, 0.15) is 5.60 Å². The van der Waals surface area contributed by atoms with Crippen LogP contribution >= 0.6 is 27.3 Å². The molecule has 2 heterocycles. The van der Waals surface area contributed by atoms with E-state index in [1.807, 2.05) is 39.0 Å². The Balaban J connectivity index is 1.62. The molecule has 2 aromatic rings. The molecular weight excluding hydrogens is 406 g/mol. The Morgan fingerprint density at radius 3 is 2.84 bits per heavy atom. The molecule has 1 aromatic heterocycles. The maximum atomic E-state index is 12.5. The zero-order valence-electron chi connectivity index (χ0n) is 14.3. The number of hydrogen-bond donors (Lipinski definition) is 1. The minimum atomic E-state index is -0.536. The van der Waals surface area contributed by atoms with Gasteiger partial charge in [-0.2, -0.15) is 0 Å². The Morgan fingerprint density at radius 1 is 1.40 bits per heavy atom. The lowest BCUT2D eigenvalue weighted by molar-refractivity contribution is -0.119. The van der Waals surface area contributed by atoms with E-state index < -0.39 is 5.60 Å². The van der Waals surface area contributed by atoms with E-state index in [0.717, 1.165) is 14.7 Å². The molecular formula is C17H20BrN3O3S. The van der Waals surface area contributed by atoms with Crippen molar-refractivity contribution in [2.24, 2.45) is 5.92 Å². The summed E-state index contributed by atoms with van der Waals surface area (Å²) < 4.78 is 7.32. The molecule has 2 amide bonds. The van der Waals surface area contributed by atoms with Gasteiger partial charge in [0.2, 0.25) is 5.91 Å². The van der Waals surface area contributed by atoms with Crippen LogP contribution in [0.4, 0.5) is 9.93 Å². The number of aromatic nitrogens is 1. The zero-order chi connectivity index (χ0) is 18.2. The van der Waals surface area contributed by atoms with Gasteiger partial charge >= 0.3 is 6.09 Å². The van der Waals surface area contributed by atoms with Crippen LogP contribution in [0.2, 0.25) is 0 Å².